The summed E-state index contributed by atoms with van der Waals surface area (Å²) < 4.78 is 33.7. The highest BCUT2D eigenvalue weighted by Crippen LogP contribution is 2.36. The Balaban J connectivity index is 2.10. The number of sulfonamides is 1. The van der Waals surface area contributed by atoms with Crippen LogP contribution in [0, 0.1) is 17.0 Å². The number of ether oxygens (including phenoxy) is 1. The van der Waals surface area contributed by atoms with Crippen LogP contribution in [0.5, 0.6) is 5.75 Å². The maximum atomic E-state index is 13.7. The van der Waals surface area contributed by atoms with Gasteiger partial charge in [0.1, 0.15) is 12.3 Å². The van der Waals surface area contributed by atoms with Crippen molar-refractivity contribution < 1.29 is 22.9 Å². The van der Waals surface area contributed by atoms with Crippen molar-refractivity contribution in [1.82, 2.24) is 4.90 Å². The van der Waals surface area contributed by atoms with E-state index in [1.54, 1.807) is 11.0 Å². The van der Waals surface area contributed by atoms with Gasteiger partial charge in [0.05, 0.1) is 22.6 Å². The van der Waals surface area contributed by atoms with Crippen molar-refractivity contribution in [2.45, 2.75) is 37.5 Å². The van der Waals surface area contributed by atoms with Gasteiger partial charge < -0.3 is 9.64 Å². The average Bonchev–Trinajstić information content (AvgIpc) is 3.07. The summed E-state index contributed by atoms with van der Waals surface area (Å²) in [5, 5.41) is 11.7. The number of rotatable bonds is 7. The zero-order chi connectivity index (χ0) is 24.2. The van der Waals surface area contributed by atoms with Gasteiger partial charge in [-0.1, -0.05) is 30.5 Å². The van der Waals surface area contributed by atoms with Crippen molar-refractivity contribution in [3.63, 3.8) is 0 Å². The van der Waals surface area contributed by atoms with Crippen LogP contribution in [0.4, 0.5) is 11.4 Å². The van der Waals surface area contributed by atoms with Crippen molar-refractivity contribution in [2.24, 2.45) is 0 Å². The summed E-state index contributed by atoms with van der Waals surface area (Å²) in [5.74, 6) is -0.155. The van der Waals surface area contributed by atoms with Gasteiger partial charge in [-0.3, -0.25) is 19.2 Å². The molecule has 1 fully saturated rings. The molecule has 1 aliphatic heterocycles. The normalized spacial score (nSPS) is 14.5. The third kappa shape index (κ3) is 5.56. The van der Waals surface area contributed by atoms with Crippen molar-refractivity contribution in [2.75, 3.05) is 31.0 Å². The summed E-state index contributed by atoms with van der Waals surface area (Å²) in [6.45, 7) is 2.14. The molecule has 0 aromatic heterocycles. The lowest BCUT2D eigenvalue weighted by molar-refractivity contribution is -0.385. The van der Waals surface area contributed by atoms with Crippen LogP contribution in [0.15, 0.2) is 41.3 Å². The van der Waals surface area contributed by atoms with Gasteiger partial charge in [0, 0.05) is 29.7 Å². The Kier molecular flexibility index (Phi) is 7.80. The number of aryl methyl sites for hydroxylation is 1. The Bertz CT molecular complexity index is 1150. The molecule has 178 valence electrons. The van der Waals surface area contributed by atoms with Gasteiger partial charge in [-0.15, -0.1) is 0 Å². The summed E-state index contributed by atoms with van der Waals surface area (Å²) in [4.78, 5) is 25.3. The van der Waals surface area contributed by atoms with E-state index >= 15 is 0 Å². The van der Waals surface area contributed by atoms with Crippen LogP contribution in [-0.2, 0) is 14.8 Å². The molecule has 0 aliphatic carbocycles. The molecule has 0 saturated carbocycles. The molecule has 0 radical (unpaired) electrons. The van der Waals surface area contributed by atoms with Crippen LogP contribution in [0.25, 0.3) is 0 Å². The highest BCUT2D eigenvalue weighted by Gasteiger charge is 2.32. The van der Waals surface area contributed by atoms with E-state index in [0.29, 0.717) is 18.7 Å². The minimum atomic E-state index is -4.38. The second-order valence-corrected chi connectivity index (χ2v) is 10.1. The molecule has 0 spiro atoms. The molecule has 0 unspecified atom stereocenters. The first kappa shape index (κ1) is 24.8. The monoisotopic (exact) mass is 495 g/mol. The van der Waals surface area contributed by atoms with Gasteiger partial charge in [-0.05, 0) is 44.0 Å². The van der Waals surface area contributed by atoms with E-state index in [9.17, 15) is 23.3 Å². The second kappa shape index (κ2) is 10.4. The molecule has 0 atom stereocenters. The Labute approximate surface area is 198 Å². The van der Waals surface area contributed by atoms with Gasteiger partial charge >= 0.3 is 0 Å². The number of carbonyl (C=O) groups is 1. The second-order valence-electron chi connectivity index (χ2n) is 7.83. The molecule has 2 aromatic carbocycles. The number of nitro benzene ring substituents is 1. The molecule has 11 heteroatoms. The maximum Gasteiger partial charge on any atom is 0.273 e. The van der Waals surface area contributed by atoms with E-state index in [1.807, 2.05) is 0 Å². The zero-order valence-electron chi connectivity index (χ0n) is 18.5. The van der Waals surface area contributed by atoms with Crippen molar-refractivity contribution in [3.05, 3.63) is 57.1 Å². The maximum absolute atomic E-state index is 13.7. The lowest BCUT2D eigenvalue weighted by Crippen LogP contribution is -2.43. The number of anilines is 1. The molecule has 1 saturated heterocycles. The number of amides is 1. The van der Waals surface area contributed by atoms with E-state index in [-0.39, 0.29) is 32.9 Å². The highest BCUT2D eigenvalue weighted by molar-refractivity contribution is 7.92. The molecule has 0 N–H and O–H groups in total. The summed E-state index contributed by atoms with van der Waals surface area (Å²) in [5.41, 5.74) is 0.0795. The molecular formula is C22H26ClN3O6S. The Morgan fingerprint density at radius 3 is 2.42 bits per heavy atom. The number of halogens is 1. The summed E-state index contributed by atoms with van der Waals surface area (Å²) in [6.07, 6.45) is 3.73. The van der Waals surface area contributed by atoms with E-state index in [2.05, 4.69) is 0 Å². The Morgan fingerprint density at radius 2 is 1.82 bits per heavy atom. The third-order valence-corrected chi connectivity index (χ3v) is 7.60. The van der Waals surface area contributed by atoms with E-state index in [0.717, 1.165) is 36.1 Å². The number of methoxy groups -OCH3 is 1. The number of nitro groups is 1. The predicted molar refractivity (Wildman–Crippen MR) is 125 cm³/mol. The average molecular weight is 496 g/mol. The Morgan fingerprint density at radius 1 is 1.15 bits per heavy atom. The predicted octanol–water partition coefficient (Wildman–Crippen LogP) is 4.16. The fraction of sp³-hybridized carbons (Fsp3) is 0.409. The van der Waals surface area contributed by atoms with Crippen LogP contribution in [0.3, 0.4) is 0 Å². The van der Waals surface area contributed by atoms with Crippen LogP contribution < -0.4 is 9.04 Å². The molecule has 1 heterocycles. The lowest BCUT2D eigenvalue weighted by atomic mass is 10.2. The van der Waals surface area contributed by atoms with Crippen molar-refractivity contribution in [1.29, 1.82) is 0 Å². The molecule has 1 amide bonds. The first-order valence-electron chi connectivity index (χ1n) is 10.5. The van der Waals surface area contributed by atoms with Gasteiger partial charge in [0.2, 0.25) is 5.91 Å². The number of hydrogen-bond donors (Lipinski definition) is 0. The van der Waals surface area contributed by atoms with Gasteiger partial charge in [0.15, 0.2) is 0 Å². The summed E-state index contributed by atoms with van der Waals surface area (Å²) in [7, 11) is -3.00. The third-order valence-electron chi connectivity index (χ3n) is 5.61. The number of likely N-dealkylation sites (tertiary alicyclic amines) is 1. The zero-order valence-corrected chi connectivity index (χ0v) is 20.1. The summed E-state index contributed by atoms with van der Waals surface area (Å²) in [6, 6.07) is 8.12. The van der Waals surface area contributed by atoms with E-state index < -0.39 is 21.5 Å². The lowest BCUT2D eigenvalue weighted by Gasteiger charge is -2.29. The fourth-order valence-electron chi connectivity index (χ4n) is 3.77. The SMILES string of the molecule is COc1ccc(Cl)cc1N(CC(=O)N1CCCCCC1)S(=O)(=O)c1ccc(C)c([N+](=O)[O-])c1. The number of benzene rings is 2. The molecule has 3 rings (SSSR count). The molecule has 9 nitrogen and oxygen atoms in total. The molecule has 2 aromatic rings. The molecule has 33 heavy (non-hydrogen) atoms. The van der Waals surface area contributed by atoms with Crippen LogP contribution in [0.1, 0.15) is 31.2 Å². The smallest absolute Gasteiger partial charge is 0.273 e. The van der Waals surface area contributed by atoms with E-state index in [1.165, 1.54) is 38.3 Å². The van der Waals surface area contributed by atoms with Crippen LogP contribution >= 0.6 is 11.6 Å². The minimum absolute atomic E-state index is 0.0800. The number of carbonyl (C=O) groups excluding carboxylic acids is 1. The Hall–Kier alpha value is -2.85. The molecular weight excluding hydrogens is 470 g/mol. The minimum Gasteiger partial charge on any atom is -0.495 e. The fourth-order valence-corrected chi connectivity index (χ4v) is 5.38. The number of nitrogens with zero attached hydrogens (tertiary/aromatic N) is 3. The standard InChI is InChI=1S/C22H26ClN3O6S/c1-16-7-9-18(14-19(16)26(28)29)33(30,31)25(20-13-17(23)8-10-21(20)32-2)15-22(27)24-11-5-3-4-6-12-24/h7-10,13-14H,3-6,11-12,15H2,1-2H3. The first-order valence-corrected chi connectivity index (χ1v) is 12.4. The highest BCUT2D eigenvalue weighted by atomic mass is 35.5. The van der Waals surface area contributed by atoms with Crippen molar-refractivity contribution >= 4 is 38.9 Å². The molecule has 0 bridgehead atoms. The van der Waals surface area contributed by atoms with Gasteiger partial charge in [-0.25, -0.2) is 8.42 Å². The van der Waals surface area contributed by atoms with Gasteiger partial charge in [0.25, 0.3) is 15.7 Å². The number of hydrogen-bond acceptors (Lipinski definition) is 6. The molecule has 1 aliphatic rings. The van der Waals surface area contributed by atoms with Crippen molar-refractivity contribution in [3.8, 4) is 5.75 Å². The largest absolute Gasteiger partial charge is 0.495 e. The quantitative estimate of drug-likeness (QED) is 0.421. The van der Waals surface area contributed by atoms with Gasteiger partial charge in [-0.2, -0.15) is 0 Å². The topological polar surface area (TPSA) is 110 Å². The summed E-state index contributed by atoms with van der Waals surface area (Å²) >= 11 is 6.15. The van der Waals surface area contributed by atoms with Crippen LogP contribution in [-0.4, -0.2) is 50.9 Å². The van der Waals surface area contributed by atoms with Crippen LogP contribution in [0.2, 0.25) is 5.02 Å². The first-order chi connectivity index (χ1) is 15.6. The van der Waals surface area contributed by atoms with E-state index in [4.69, 9.17) is 16.3 Å².